The first-order valence-electron chi connectivity index (χ1n) is 10.3. The lowest BCUT2D eigenvalue weighted by molar-refractivity contribution is -0.137. The standard InChI is InChI=1S/C21H27ClF3N5O/c1-13(2)12-30-15(4)17(14(3)27-30)10-19(31)28-5-7-29(8-6-28)20-18(22)9-16(11-26-20)21(23,24)25/h9,11,13H,5-8,10,12H2,1-4H3. The molecule has 0 aliphatic carbocycles. The van der Waals surface area contributed by atoms with Gasteiger partial charge in [-0.3, -0.25) is 9.48 Å². The topological polar surface area (TPSA) is 54.3 Å². The molecule has 1 fully saturated rings. The Hall–Kier alpha value is -2.29. The summed E-state index contributed by atoms with van der Waals surface area (Å²) in [4.78, 5) is 20.4. The molecular formula is C21H27ClF3N5O. The summed E-state index contributed by atoms with van der Waals surface area (Å²) >= 11 is 6.05. The summed E-state index contributed by atoms with van der Waals surface area (Å²) in [6, 6.07) is 0.891. The molecule has 0 unspecified atom stereocenters. The lowest BCUT2D eigenvalue weighted by Gasteiger charge is -2.36. The number of aromatic nitrogens is 3. The molecule has 0 bridgehead atoms. The summed E-state index contributed by atoms with van der Waals surface area (Å²) in [5, 5.41) is 4.53. The van der Waals surface area contributed by atoms with E-state index < -0.39 is 11.7 Å². The van der Waals surface area contributed by atoms with Crippen LogP contribution in [0.1, 0.15) is 36.4 Å². The summed E-state index contributed by atoms with van der Waals surface area (Å²) in [6.07, 6.45) is -3.41. The van der Waals surface area contributed by atoms with Crippen LogP contribution in [0, 0.1) is 19.8 Å². The van der Waals surface area contributed by atoms with Crippen molar-refractivity contribution in [3.63, 3.8) is 0 Å². The zero-order valence-corrected chi connectivity index (χ0v) is 18.9. The second kappa shape index (κ2) is 9.06. The van der Waals surface area contributed by atoms with Gasteiger partial charge in [0.1, 0.15) is 5.82 Å². The van der Waals surface area contributed by atoms with Crippen molar-refractivity contribution in [2.45, 2.75) is 46.8 Å². The first-order valence-corrected chi connectivity index (χ1v) is 10.6. The molecule has 1 saturated heterocycles. The van der Waals surface area contributed by atoms with E-state index in [-0.39, 0.29) is 17.4 Å². The smallest absolute Gasteiger partial charge is 0.352 e. The summed E-state index contributed by atoms with van der Waals surface area (Å²) in [5.41, 5.74) is 1.96. The Morgan fingerprint density at radius 1 is 1.19 bits per heavy atom. The lowest BCUT2D eigenvalue weighted by atomic mass is 10.1. The number of hydrogen-bond donors (Lipinski definition) is 0. The van der Waals surface area contributed by atoms with Crippen molar-refractivity contribution in [1.29, 1.82) is 0 Å². The number of alkyl halides is 3. The number of hydrogen-bond acceptors (Lipinski definition) is 4. The number of nitrogens with zero attached hydrogens (tertiary/aromatic N) is 5. The molecule has 10 heteroatoms. The first-order chi connectivity index (χ1) is 14.5. The van der Waals surface area contributed by atoms with E-state index in [2.05, 4.69) is 23.9 Å². The predicted molar refractivity (Wildman–Crippen MR) is 113 cm³/mol. The Labute approximate surface area is 185 Å². The van der Waals surface area contributed by atoms with Gasteiger partial charge in [0.05, 0.1) is 22.7 Å². The quantitative estimate of drug-likeness (QED) is 0.678. The van der Waals surface area contributed by atoms with E-state index in [4.69, 9.17) is 11.6 Å². The fraction of sp³-hybridized carbons (Fsp3) is 0.571. The van der Waals surface area contributed by atoms with E-state index >= 15 is 0 Å². The largest absolute Gasteiger partial charge is 0.417 e. The van der Waals surface area contributed by atoms with Crippen LogP contribution in [0.3, 0.4) is 0 Å². The van der Waals surface area contributed by atoms with Gasteiger partial charge < -0.3 is 9.80 Å². The van der Waals surface area contributed by atoms with Crippen molar-refractivity contribution in [2.75, 3.05) is 31.1 Å². The van der Waals surface area contributed by atoms with E-state index in [1.807, 2.05) is 23.4 Å². The van der Waals surface area contributed by atoms with Crippen LogP contribution in [0.5, 0.6) is 0 Å². The molecule has 1 amide bonds. The molecule has 0 atom stereocenters. The lowest BCUT2D eigenvalue weighted by Crippen LogP contribution is -2.49. The van der Waals surface area contributed by atoms with Crippen LogP contribution >= 0.6 is 11.6 Å². The molecule has 0 radical (unpaired) electrons. The maximum absolute atomic E-state index is 12.9. The van der Waals surface area contributed by atoms with Crippen molar-refractivity contribution >= 4 is 23.3 Å². The Bertz CT molecular complexity index is 949. The number of aryl methyl sites for hydroxylation is 1. The van der Waals surface area contributed by atoms with E-state index in [1.54, 1.807) is 4.90 Å². The summed E-state index contributed by atoms with van der Waals surface area (Å²) in [5.74, 6) is 0.782. The SMILES string of the molecule is Cc1nn(CC(C)C)c(C)c1CC(=O)N1CCN(c2ncc(C(F)(F)F)cc2Cl)CC1. The number of piperazine rings is 1. The molecule has 1 aliphatic heterocycles. The van der Waals surface area contributed by atoms with Crippen LogP contribution in [-0.2, 0) is 23.9 Å². The highest BCUT2D eigenvalue weighted by Crippen LogP contribution is 2.33. The average Bonchev–Trinajstić information content (AvgIpc) is 2.94. The Kier molecular flexibility index (Phi) is 6.83. The average molecular weight is 458 g/mol. The zero-order chi connectivity index (χ0) is 22.9. The second-order valence-electron chi connectivity index (χ2n) is 8.30. The van der Waals surface area contributed by atoms with Gasteiger partial charge >= 0.3 is 6.18 Å². The van der Waals surface area contributed by atoms with E-state index in [0.29, 0.717) is 37.9 Å². The number of halogens is 4. The minimum Gasteiger partial charge on any atom is -0.352 e. The van der Waals surface area contributed by atoms with Gasteiger partial charge in [-0.05, 0) is 25.8 Å². The Morgan fingerprint density at radius 2 is 1.84 bits per heavy atom. The molecule has 2 aromatic heterocycles. The molecule has 2 aromatic rings. The van der Waals surface area contributed by atoms with Crippen LogP contribution < -0.4 is 4.90 Å². The predicted octanol–water partition coefficient (Wildman–Crippen LogP) is 4.11. The van der Waals surface area contributed by atoms with E-state index in [0.717, 1.165) is 35.8 Å². The zero-order valence-electron chi connectivity index (χ0n) is 18.1. The van der Waals surface area contributed by atoms with E-state index in [1.165, 1.54) is 0 Å². The molecule has 31 heavy (non-hydrogen) atoms. The van der Waals surface area contributed by atoms with Crippen LogP contribution in [0.2, 0.25) is 5.02 Å². The molecule has 3 heterocycles. The van der Waals surface area contributed by atoms with E-state index in [9.17, 15) is 18.0 Å². The first kappa shape index (κ1) is 23.4. The molecular weight excluding hydrogens is 431 g/mol. The van der Waals surface area contributed by atoms with Crippen LogP contribution in [0.4, 0.5) is 19.0 Å². The van der Waals surface area contributed by atoms with Gasteiger partial charge in [-0.2, -0.15) is 18.3 Å². The number of carbonyl (C=O) groups is 1. The highest BCUT2D eigenvalue weighted by Gasteiger charge is 2.32. The fourth-order valence-corrected chi connectivity index (χ4v) is 4.05. The summed E-state index contributed by atoms with van der Waals surface area (Å²) in [7, 11) is 0. The Morgan fingerprint density at radius 3 is 2.39 bits per heavy atom. The molecule has 3 rings (SSSR count). The van der Waals surface area contributed by atoms with Gasteiger partial charge in [0, 0.05) is 50.2 Å². The molecule has 0 N–H and O–H groups in total. The maximum Gasteiger partial charge on any atom is 0.417 e. The normalized spacial score (nSPS) is 15.1. The summed E-state index contributed by atoms with van der Waals surface area (Å²) in [6.45, 7) is 10.8. The third kappa shape index (κ3) is 5.31. The van der Waals surface area contributed by atoms with Crippen molar-refractivity contribution < 1.29 is 18.0 Å². The molecule has 0 aromatic carbocycles. The molecule has 0 saturated carbocycles. The highest BCUT2D eigenvalue weighted by molar-refractivity contribution is 6.33. The number of carbonyl (C=O) groups excluding carboxylic acids is 1. The minimum absolute atomic E-state index is 0.0152. The third-order valence-electron chi connectivity index (χ3n) is 5.48. The molecule has 6 nitrogen and oxygen atoms in total. The Balaban J connectivity index is 1.63. The van der Waals surface area contributed by atoms with Crippen molar-refractivity contribution in [2.24, 2.45) is 5.92 Å². The van der Waals surface area contributed by atoms with Crippen molar-refractivity contribution in [3.05, 3.63) is 39.8 Å². The van der Waals surface area contributed by atoms with Gasteiger partial charge in [-0.1, -0.05) is 25.4 Å². The fourth-order valence-electron chi connectivity index (χ4n) is 3.76. The van der Waals surface area contributed by atoms with Crippen LogP contribution in [0.25, 0.3) is 0 Å². The summed E-state index contributed by atoms with van der Waals surface area (Å²) < 4.78 is 40.4. The van der Waals surface area contributed by atoms with Gasteiger partial charge in [-0.15, -0.1) is 0 Å². The minimum atomic E-state index is -4.49. The van der Waals surface area contributed by atoms with Crippen molar-refractivity contribution in [1.82, 2.24) is 19.7 Å². The van der Waals surface area contributed by atoms with Gasteiger partial charge in [0.15, 0.2) is 0 Å². The molecule has 170 valence electrons. The second-order valence-corrected chi connectivity index (χ2v) is 8.70. The van der Waals surface area contributed by atoms with Gasteiger partial charge in [0.2, 0.25) is 5.91 Å². The number of amides is 1. The highest BCUT2D eigenvalue weighted by atomic mass is 35.5. The number of pyridine rings is 1. The third-order valence-corrected chi connectivity index (χ3v) is 5.76. The molecule has 1 aliphatic rings. The van der Waals surface area contributed by atoms with Crippen LogP contribution in [-0.4, -0.2) is 51.8 Å². The molecule has 0 spiro atoms. The number of rotatable bonds is 5. The van der Waals surface area contributed by atoms with Gasteiger partial charge in [-0.25, -0.2) is 4.98 Å². The van der Waals surface area contributed by atoms with Crippen LogP contribution in [0.15, 0.2) is 12.3 Å². The number of anilines is 1. The van der Waals surface area contributed by atoms with Gasteiger partial charge in [0.25, 0.3) is 0 Å². The maximum atomic E-state index is 12.9. The van der Waals surface area contributed by atoms with Crippen molar-refractivity contribution in [3.8, 4) is 0 Å². The monoisotopic (exact) mass is 457 g/mol.